The summed E-state index contributed by atoms with van der Waals surface area (Å²) in [5.74, 6) is 0.738. The predicted molar refractivity (Wildman–Crippen MR) is 103 cm³/mol. The third-order valence-corrected chi connectivity index (χ3v) is 4.35. The van der Waals surface area contributed by atoms with Crippen molar-refractivity contribution < 1.29 is 14.3 Å². The van der Waals surface area contributed by atoms with E-state index in [0.29, 0.717) is 24.7 Å². The van der Waals surface area contributed by atoms with Crippen LogP contribution in [-0.4, -0.2) is 31.8 Å². The van der Waals surface area contributed by atoms with Gasteiger partial charge in [-0.2, -0.15) is 0 Å². The minimum Gasteiger partial charge on any atom is -0.489 e. The smallest absolute Gasteiger partial charge is 0.414 e. The maximum atomic E-state index is 12.1. The van der Waals surface area contributed by atoms with Gasteiger partial charge in [0.1, 0.15) is 18.5 Å². The quantitative estimate of drug-likeness (QED) is 0.702. The highest BCUT2D eigenvalue weighted by Crippen LogP contribution is 2.24. The second kappa shape index (κ2) is 8.92. The number of amides is 1. The van der Waals surface area contributed by atoms with Crippen molar-refractivity contribution in [2.45, 2.75) is 26.1 Å². The van der Waals surface area contributed by atoms with E-state index >= 15 is 0 Å². The molecule has 1 saturated heterocycles. The van der Waals surface area contributed by atoms with Crippen LogP contribution >= 0.6 is 11.6 Å². The molecule has 1 fully saturated rings. The minimum absolute atomic E-state index is 0.118. The number of nitrogens with one attached hydrogen (secondary N) is 1. The molecule has 1 aliphatic heterocycles. The van der Waals surface area contributed by atoms with Crippen LogP contribution in [-0.2, 0) is 11.3 Å². The molecule has 1 unspecified atom stereocenters. The summed E-state index contributed by atoms with van der Waals surface area (Å²) in [6, 6.07) is 15.0. The van der Waals surface area contributed by atoms with Gasteiger partial charge in [0.05, 0.1) is 6.54 Å². The van der Waals surface area contributed by atoms with Gasteiger partial charge in [-0.15, -0.1) is 0 Å². The zero-order valence-corrected chi connectivity index (χ0v) is 15.5. The summed E-state index contributed by atoms with van der Waals surface area (Å²) in [4.78, 5) is 13.7. The van der Waals surface area contributed by atoms with Gasteiger partial charge in [-0.05, 0) is 54.9 Å². The van der Waals surface area contributed by atoms with Crippen LogP contribution in [0.3, 0.4) is 0 Å². The van der Waals surface area contributed by atoms with Crippen LogP contribution in [0.2, 0.25) is 5.02 Å². The summed E-state index contributed by atoms with van der Waals surface area (Å²) < 4.78 is 11.2. The molecule has 0 radical (unpaired) electrons. The Bertz CT molecular complexity index is 736. The predicted octanol–water partition coefficient (Wildman–Crippen LogP) is 4.24. The zero-order valence-electron chi connectivity index (χ0n) is 14.8. The molecule has 0 bridgehead atoms. The van der Waals surface area contributed by atoms with Gasteiger partial charge in [-0.1, -0.05) is 30.7 Å². The molecular formula is C20H23ClN2O3. The number of rotatable bonds is 8. The molecule has 3 rings (SSSR count). The van der Waals surface area contributed by atoms with Gasteiger partial charge in [0, 0.05) is 17.3 Å². The third kappa shape index (κ3) is 4.90. The van der Waals surface area contributed by atoms with Crippen molar-refractivity contribution in [3.63, 3.8) is 0 Å². The van der Waals surface area contributed by atoms with E-state index < -0.39 is 0 Å². The van der Waals surface area contributed by atoms with Gasteiger partial charge >= 0.3 is 6.09 Å². The summed E-state index contributed by atoms with van der Waals surface area (Å²) in [5.41, 5.74) is 1.82. The van der Waals surface area contributed by atoms with E-state index in [9.17, 15) is 4.79 Å². The highest BCUT2D eigenvalue weighted by Gasteiger charge is 2.31. The monoisotopic (exact) mass is 374 g/mol. The molecule has 2 aromatic rings. The standard InChI is InChI=1S/C20H23ClN2O3/c1-2-10-22-12-19-13-23(20(24)26-19)17-6-8-18(9-7-17)25-14-15-4-3-5-16(21)11-15/h3-9,11,19,22H,2,10,12-14H2,1H3. The average molecular weight is 375 g/mol. The van der Waals surface area contributed by atoms with Crippen LogP contribution in [0.25, 0.3) is 0 Å². The van der Waals surface area contributed by atoms with Gasteiger partial charge in [-0.25, -0.2) is 4.79 Å². The van der Waals surface area contributed by atoms with Crippen LogP contribution in [0.15, 0.2) is 48.5 Å². The summed E-state index contributed by atoms with van der Waals surface area (Å²) in [7, 11) is 0. The lowest BCUT2D eigenvalue weighted by Crippen LogP contribution is -2.31. The Labute approximate surface area is 158 Å². The highest BCUT2D eigenvalue weighted by molar-refractivity contribution is 6.30. The average Bonchev–Trinajstić information content (AvgIpc) is 3.01. The zero-order chi connectivity index (χ0) is 18.4. The van der Waals surface area contributed by atoms with Crippen molar-refractivity contribution in [3.8, 4) is 5.75 Å². The van der Waals surface area contributed by atoms with Gasteiger partial charge in [0.2, 0.25) is 0 Å². The number of ether oxygens (including phenoxy) is 2. The molecule has 0 spiro atoms. The van der Waals surface area contributed by atoms with Gasteiger partial charge in [-0.3, -0.25) is 4.90 Å². The molecule has 138 valence electrons. The van der Waals surface area contributed by atoms with Gasteiger partial charge in [0.15, 0.2) is 0 Å². The minimum atomic E-state index is -0.305. The van der Waals surface area contributed by atoms with Crippen LogP contribution in [0.5, 0.6) is 5.75 Å². The van der Waals surface area contributed by atoms with E-state index in [4.69, 9.17) is 21.1 Å². The second-order valence-electron chi connectivity index (χ2n) is 6.23. The Balaban J connectivity index is 1.54. The van der Waals surface area contributed by atoms with Crippen LogP contribution in [0, 0.1) is 0 Å². The first kappa shape index (κ1) is 18.5. The third-order valence-electron chi connectivity index (χ3n) is 4.12. The molecule has 0 aliphatic carbocycles. The Morgan fingerprint density at radius 1 is 1.27 bits per heavy atom. The first-order valence-corrected chi connectivity index (χ1v) is 9.19. The highest BCUT2D eigenvalue weighted by atomic mass is 35.5. The maximum Gasteiger partial charge on any atom is 0.414 e. The summed E-state index contributed by atoms with van der Waals surface area (Å²) in [6.45, 7) is 4.70. The Kier molecular flexibility index (Phi) is 6.36. The fourth-order valence-electron chi connectivity index (χ4n) is 2.79. The molecule has 0 aromatic heterocycles. The number of hydrogen-bond donors (Lipinski definition) is 1. The summed E-state index contributed by atoms with van der Waals surface area (Å²) in [6.07, 6.45) is 0.634. The maximum absolute atomic E-state index is 12.1. The molecule has 1 amide bonds. The van der Waals surface area contributed by atoms with Gasteiger partial charge in [0.25, 0.3) is 0 Å². The molecule has 1 N–H and O–H groups in total. The van der Waals surface area contributed by atoms with Gasteiger partial charge < -0.3 is 14.8 Å². The number of benzene rings is 2. The van der Waals surface area contributed by atoms with Crippen LogP contribution < -0.4 is 15.0 Å². The van der Waals surface area contributed by atoms with Crippen molar-refractivity contribution in [1.29, 1.82) is 0 Å². The fraction of sp³-hybridized carbons (Fsp3) is 0.350. The molecule has 1 atom stereocenters. The van der Waals surface area contributed by atoms with Crippen LogP contribution in [0.1, 0.15) is 18.9 Å². The number of carbonyl (C=O) groups is 1. The van der Waals surface area contributed by atoms with Crippen molar-refractivity contribution >= 4 is 23.4 Å². The lowest BCUT2D eigenvalue weighted by atomic mass is 10.2. The fourth-order valence-corrected chi connectivity index (χ4v) is 3.01. The van der Waals surface area contributed by atoms with E-state index in [1.807, 2.05) is 48.5 Å². The Hall–Kier alpha value is -2.24. The molecular weight excluding hydrogens is 352 g/mol. The largest absolute Gasteiger partial charge is 0.489 e. The number of anilines is 1. The number of cyclic esters (lactones) is 1. The Morgan fingerprint density at radius 3 is 2.81 bits per heavy atom. The van der Waals surface area contributed by atoms with Crippen molar-refractivity contribution in [2.24, 2.45) is 0 Å². The van der Waals surface area contributed by atoms with E-state index in [1.165, 1.54) is 0 Å². The van der Waals surface area contributed by atoms with E-state index in [1.54, 1.807) is 4.90 Å². The lowest BCUT2D eigenvalue weighted by Gasteiger charge is -2.14. The molecule has 26 heavy (non-hydrogen) atoms. The summed E-state index contributed by atoms with van der Waals surface area (Å²) in [5, 5.41) is 3.97. The topological polar surface area (TPSA) is 50.8 Å². The first-order valence-electron chi connectivity index (χ1n) is 8.82. The van der Waals surface area contributed by atoms with Crippen molar-refractivity contribution in [2.75, 3.05) is 24.5 Å². The Morgan fingerprint density at radius 2 is 2.08 bits per heavy atom. The molecule has 1 aliphatic rings. The first-order chi connectivity index (χ1) is 12.7. The van der Waals surface area contributed by atoms with E-state index in [0.717, 1.165) is 30.0 Å². The molecule has 1 heterocycles. The normalized spacial score (nSPS) is 16.6. The number of halogens is 1. The molecule has 0 saturated carbocycles. The number of carbonyl (C=O) groups excluding carboxylic acids is 1. The lowest BCUT2D eigenvalue weighted by molar-refractivity contribution is 0.140. The SMILES string of the molecule is CCCNCC1CN(c2ccc(OCc3cccc(Cl)c3)cc2)C(=O)O1. The molecule has 5 nitrogen and oxygen atoms in total. The van der Waals surface area contributed by atoms with Crippen molar-refractivity contribution in [3.05, 3.63) is 59.1 Å². The van der Waals surface area contributed by atoms with Crippen molar-refractivity contribution in [1.82, 2.24) is 5.32 Å². The van der Waals surface area contributed by atoms with Crippen LogP contribution in [0.4, 0.5) is 10.5 Å². The second-order valence-corrected chi connectivity index (χ2v) is 6.67. The molecule has 6 heteroatoms. The van der Waals surface area contributed by atoms with E-state index in [2.05, 4.69) is 12.2 Å². The molecule has 2 aromatic carbocycles. The number of hydrogen-bond acceptors (Lipinski definition) is 4. The summed E-state index contributed by atoms with van der Waals surface area (Å²) >= 11 is 5.98. The van der Waals surface area contributed by atoms with E-state index in [-0.39, 0.29) is 12.2 Å². The number of nitrogens with zero attached hydrogens (tertiary/aromatic N) is 1.